The van der Waals surface area contributed by atoms with Gasteiger partial charge in [0.25, 0.3) is 0 Å². The highest BCUT2D eigenvalue weighted by Crippen LogP contribution is 2.32. The van der Waals surface area contributed by atoms with Crippen LogP contribution in [0.15, 0.2) is 47.2 Å². The minimum Gasteiger partial charge on any atom is -0.317 e. The summed E-state index contributed by atoms with van der Waals surface area (Å²) in [4.78, 5) is 18.6. The molecule has 1 aromatic heterocycles. The Morgan fingerprint density at radius 3 is 2.86 bits per heavy atom. The molecule has 0 spiro atoms. The predicted molar refractivity (Wildman–Crippen MR) is 90.8 cm³/mol. The van der Waals surface area contributed by atoms with Crippen LogP contribution in [-0.4, -0.2) is 22.5 Å². The van der Waals surface area contributed by atoms with E-state index in [2.05, 4.69) is 26.2 Å². The largest absolute Gasteiger partial charge is 0.322 e. The van der Waals surface area contributed by atoms with Crippen LogP contribution in [0.3, 0.4) is 0 Å². The minimum atomic E-state index is -0.0412. The number of benzene rings is 1. The first-order valence-corrected chi connectivity index (χ1v) is 8.18. The Balaban J connectivity index is 1.78. The van der Waals surface area contributed by atoms with Crippen molar-refractivity contribution in [1.82, 2.24) is 9.88 Å². The Bertz CT molecular complexity index is 675. The van der Waals surface area contributed by atoms with Gasteiger partial charge in [0.05, 0.1) is 6.04 Å². The highest BCUT2D eigenvalue weighted by Gasteiger charge is 2.30. The molecule has 1 N–H and O–H groups in total. The van der Waals surface area contributed by atoms with E-state index < -0.39 is 0 Å². The first kappa shape index (κ1) is 15.0. The van der Waals surface area contributed by atoms with Gasteiger partial charge >= 0.3 is 6.03 Å². The van der Waals surface area contributed by atoms with Crippen LogP contribution in [-0.2, 0) is 0 Å². The molecule has 0 saturated carbocycles. The van der Waals surface area contributed by atoms with E-state index in [9.17, 15) is 4.79 Å². The van der Waals surface area contributed by atoms with Gasteiger partial charge in [-0.15, -0.1) is 0 Å². The number of carbonyl (C=O) groups excluding carboxylic acids is 1. The molecule has 0 radical (unpaired) electrons. The van der Waals surface area contributed by atoms with E-state index >= 15 is 0 Å². The molecule has 2 amide bonds. The van der Waals surface area contributed by atoms with Crippen LogP contribution >= 0.6 is 15.9 Å². The van der Waals surface area contributed by atoms with Crippen LogP contribution in [0.2, 0.25) is 0 Å². The maximum absolute atomic E-state index is 12.6. The third-order valence-electron chi connectivity index (χ3n) is 4.05. The molecule has 0 aliphatic carbocycles. The average molecular weight is 360 g/mol. The van der Waals surface area contributed by atoms with Gasteiger partial charge in [0, 0.05) is 29.1 Å². The van der Waals surface area contributed by atoms with Crippen LogP contribution in [0.4, 0.5) is 10.5 Å². The van der Waals surface area contributed by atoms with Gasteiger partial charge in [-0.05, 0) is 55.2 Å². The molecule has 5 heteroatoms. The lowest BCUT2D eigenvalue weighted by Gasteiger charge is -2.25. The highest BCUT2D eigenvalue weighted by atomic mass is 79.9. The zero-order valence-corrected chi connectivity index (χ0v) is 14.0. The molecule has 4 nitrogen and oxygen atoms in total. The van der Waals surface area contributed by atoms with E-state index in [1.165, 1.54) is 0 Å². The molecule has 1 aromatic carbocycles. The van der Waals surface area contributed by atoms with Crippen LogP contribution in [0.5, 0.6) is 0 Å². The molecule has 2 heterocycles. The quantitative estimate of drug-likeness (QED) is 0.856. The van der Waals surface area contributed by atoms with Crippen LogP contribution in [0, 0.1) is 6.92 Å². The van der Waals surface area contributed by atoms with Crippen molar-refractivity contribution >= 4 is 27.6 Å². The smallest absolute Gasteiger partial charge is 0.317 e. The van der Waals surface area contributed by atoms with Gasteiger partial charge in [-0.3, -0.25) is 4.98 Å². The van der Waals surface area contributed by atoms with Crippen molar-refractivity contribution in [1.29, 1.82) is 0 Å². The zero-order valence-electron chi connectivity index (χ0n) is 12.4. The van der Waals surface area contributed by atoms with E-state index in [-0.39, 0.29) is 12.1 Å². The first-order chi connectivity index (χ1) is 10.6. The Kier molecular flexibility index (Phi) is 4.43. The number of hydrogen-bond acceptors (Lipinski definition) is 2. The third kappa shape index (κ3) is 3.14. The number of halogens is 1. The molecule has 0 bridgehead atoms. The summed E-state index contributed by atoms with van der Waals surface area (Å²) in [5.74, 6) is 0. The summed E-state index contributed by atoms with van der Waals surface area (Å²) in [7, 11) is 0. The van der Waals surface area contributed by atoms with Crippen LogP contribution in [0.25, 0.3) is 0 Å². The minimum absolute atomic E-state index is 0.0412. The summed E-state index contributed by atoms with van der Waals surface area (Å²) < 4.78 is 0.959. The summed E-state index contributed by atoms with van der Waals surface area (Å²) in [6, 6.07) is 9.97. The second-order valence-corrected chi connectivity index (χ2v) is 6.44. The Morgan fingerprint density at radius 2 is 2.09 bits per heavy atom. The van der Waals surface area contributed by atoms with Gasteiger partial charge in [0.1, 0.15) is 0 Å². The lowest BCUT2D eigenvalue weighted by Crippen LogP contribution is -2.34. The summed E-state index contributed by atoms with van der Waals surface area (Å²) in [6.07, 6.45) is 5.58. The maximum Gasteiger partial charge on any atom is 0.322 e. The van der Waals surface area contributed by atoms with Gasteiger partial charge in [0.15, 0.2) is 0 Å². The number of aryl methyl sites for hydroxylation is 1. The molecule has 1 aliphatic heterocycles. The van der Waals surface area contributed by atoms with Gasteiger partial charge in [-0.25, -0.2) is 4.79 Å². The maximum atomic E-state index is 12.6. The number of urea groups is 1. The molecule has 0 unspecified atom stereocenters. The van der Waals surface area contributed by atoms with Crippen molar-refractivity contribution in [3.63, 3.8) is 0 Å². The molecular weight excluding hydrogens is 342 g/mol. The average Bonchev–Trinajstić information content (AvgIpc) is 3.01. The van der Waals surface area contributed by atoms with Crippen molar-refractivity contribution in [3.8, 4) is 0 Å². The molecule has 1 aliphatic rings. The van der Waals surface area contributed by atoms with Gasteiger partial charge in [-0.2, -0.15) is 0 Å². The number of nitrogens with zero attached hydrogens (tertiary/aromatic N) is 2. The van der Waals surface area contributed by atoms with Crippen molar-refractivity contribution in [2.45, 2.75) is 25.8 Å². The van der Waals surface area contributed by atoms with Gasteiger partial charge in [-0.1, -0.05) is 22.0 Å². The normalized spacial score (nSPS) is 17.5. The number of pyridine rings is 1. The third-order valence-corrected chi connectivity index (χ3v) is 4.54. The Labute approximate surface area is 138 Å². The SMILES string of the molecule is Cc1ccc(Br)cc1NC(=O)N1CCC[C@@H]1c1ccncc1. The van der Waals surface area contributed by atoms with Gasteiger partial charge in [0.2, 0.25) is 0 Å². The van der Waals surface area contributed by atoms with E-state index in [1.54, 1.807) is 12.4 Å². The summed E-state index contributed by atoms with van der Waals surface area (Å²) >= 11 is 3.45. The van der Waals surface area contributed by atoms with E-state index in [1.807, 2.05) is 42.2 Å². The molecule has 1 fully saturated rings. The summed E-state index contributed by atoms with van der Waals surface area (Å²) in [6.45, 7) is 2.78. The Hall–Kier alpha value is -1.88. The van der Waals surface area contributed by atoms with Crippen LogP contribution in [0.1, 0.15) is 30.0 Å². The molecule has 3 rings (SSSR count). The van der Waals surface area contributed by atoms with Crippen LogP contribution < -0.4 is 5.32 Å². The second kappa shape index (κ2) is 6.48. The van der Waals surface area contributed by atoms with Crippen molar-refractivity contribution in [3.05, 3.63) is 58.3 Å². The van der Waals surface area contributed by atoms with Crippen molar-refractivity contribution in [2.75, 3.05) is 11.9 Å². The lowest BCUT2D eigenvalue weighted by atomic mass is 10.1. The van der Waals surface area contributed by atoms with Gasteiger partial charge < -0.3 is 10.2 Å². The topological polar surface area (TPSA) is 45.2 Å². The first-order valence-electron chi connectivity index (χ1n) is 7.39. The van der Waals surface area contributed by atoms with Crippen molar-refractivity contribution < 1.29 is 4.79 Å². The fourth-order valence-electron chi connectivity index (χ4n) is 2.86. The number of rotatable bonds is 2. The second-order valence-electron chi connectivity index (χ2n) is 5.52. The number of amides is 2. The molecule has 1 atom stereocenters. The van der Waals surface area contributed by atoms with Crippen molar-refractivity contribution in [2.24, 2.45) is 0 Å². The summed E-state index contributed by atoms with van der Waals surface area (Å²) in [5, 5.41) is 3.03. The molecule has 22 heavy (non-hydrogen) atoms. The predicted octanol–water partition coefficient (Wildman–Crippen LogP) is 4.52. The fraction of sp³-hybridized carbons (Fsp3) is 0.294. The van der Waals surface area contributed by atoms with E-state index in [0.717, 1.165) is 40.7 Å². The molecule has 1 saturated heterocycles. The highest BCUT2D eigenvalue weighted by molar-refractivity contribution is 9.10. The number of anilines is 1. The molecular formula is C17H18BrN3O. The number of nitrogens with one attached hydrogen (secondary N) is 1. The standard InChI is InChI=1S/C17H18BrN3O/c1-12-4-5-14(18)11-15(12)20-17(22)21-10-2-3-16(21)13-6-8-19-9-7-13/h4-9,11,16H,2-3,10H2,1H3,(H,20,22)/t16-/m1/s1. The summed E-state index contributed by atoms with van der Waals surface area (Å²) in [5.41, 5.74) is 3.05. The number of likely N-dealkylation sites (tertiary alicyclic amines) is 1. The number of hydrogen-bond donors (Lipinski definition) is 1. The zero-order chi connectivity index (χ0) is 15.5. The van der Waals surface area contributed by atoms with E-state index in [4.69, 9.17) is 0 Å². The Morgan fingerprint density at radius 1 is 1.32 bits per heavy atom. The molecule has 2 aromatic rings. The lowest BCUT2D eigenvalue weighted by molar-refractivity contribution is 0.207. The number of aromatic nitrogens is 1. The number of carbonyl (C=O) groups is 1. The monoisotopic (exact) mass is 359 g/mol. The fourth-order valence-corrected chi connectivity index (χ4v) is 3.22. The van der Waals surface area contributed by atoms with E-state index in [0.29, 0.717) is 0 Å². The molecule has 114 valence electrons.